The smallest absolute Gasteiger partial charge is 0.337 e. The zero-order valence-electron chi connectivity index (χ0n) is 13.6. The zero-order chi connectivity index (χ0) is 17.1. The minimum atomic E-state index is -0.476. The van der Waals surface area contributed by atoms with Crippen molar-refractivity contribution in [2.45, 2.75) is 32.6 Å². The Balaban J connectivity index is 1.89. The monoisotopic (exact) mass is 327 g/mol. The van der Waals surface area contributed by atoms with Crippen LogP contribution in [0.15, 0.2) is 46.8 Å². The molecule has 0 amide bonds. The number of nitrogens with one attached hydrogen (secondary N) is 1. The summed E-state index contributed by atoms with van der Waals surface area (Å²) in [5.74, 6) is -1.19. The van der Waals surface area contributed by atoms with Gasteiger partial charge in [0.2, 0.25) is 0 Å². The van der Waals surface area contributed by atoms with E-state index in [4.69, 9.17) is 4.74 Å². The van der Waals surface area contributed by atoms with E-state index in [2.05, 4.69) is 19.2 Å². The number of esters is 1. The molecule has 5 heteroatoms. The number of dihydropyridines is 1. The third-order valence-electron chi connectivity index (χ3n) is 4.90. The van der Waals surface area contributed by atoms with Crippen LogP contribution in [0.25, 0.3) is 0 Å². The number of ether oxygens (including phenoxy) is 1. The molecule has 2 aliphatic heterocycles. The average Bonchev–Trinajstić information content (AvgIpc) is 2.86. The third kappa shape index (κ3) is 2.27. The fraction of sp³-hybridized carbons (Fsp3) is 0.368. The molecular weight excluding hydrogens is 309 g/mol. The van der Waals surface area contributed by atoms with Crippen molar-refractivity contribution in [3.05, 3.63) is 58.2 Å². The molecule has 4 rings (SSSR count). The van der Waals surface area contributed by atoms with Crippen molar-refractivity contribution in [1.82, 2.24) is 5.32 Å². The van der Waals surface area contributed by atoms with Crippen LogP contribution in [0.4, 0.5) is 4.39 Å². The number of carbonyl (C=O) groups is 2. The van der Waals surface area contributed by atoms with Crippen LogP contribution in [0.3, 0.4) is 0 Å². The number of rotatable bonds is 1. The number of benzene rings is 1. The predicted molar refractivity (Wildman–Crippen MR) is 85.3 cm³/mol. The lowest BCUT2D eigenvalue weighted by molar-refractivity contribution is -0.136. The van der Waals surface area contributed by atoms with Gasteiger partial charge in [-0.15, -0.1) is 0 Å². The normalized spacial score (nSPS) is 25.2. The largest absolute Gasteiger partial charge is 0.456 e. The number of halogens is 1. The number of carbonyl (C=O) groups excluding carboxylic acids is 2. The van der Waals surface area contributed by atoms with Crippen molar-refractivity contribution in [2.24, 2.45) is 5.41 Å². The lowest BCUT2D eigenvalue weighted by Gasteiger charge is -2.38. The maximum absolute atomic E-state index is 13.3. The quantitative estimate of drug-likeness (QED) is 0.806. The lowest BCUT2D eigenvalue weighted by atomic mass is 9.69. The molecule has 0 spiro atoms. The van der Waals surface area contributed by atoms with E-state index in [0.29, 0.717) is 17.6 Å². The van der Waals surface area contributed by atoms with Gasteiger partial charge < -0.3 is 10.1 Å². The molecule has 0 radical (unpaired) electrons. The minimum Gasteiger partial charge on any atom is -0.456 e. The zero-order valence-corrected chi connectivity index (χ0v) is 13.6. The Morgan fingerprint density at radius 2 is 1.79 bits per heavy atom. The van der Waals surface area contributed by atoms with Gasteiger partial charge in [-0.2, -0.15) is 0 Å². The second-order valence-corrected chi connectivity index (χ2v) is 7.41. The van der Waals surface area contributed by atoms with Crippen molar-refractivity contribution in [2.75, 3.05) is 6.61 Å². The third-order valence-corrected chi connectivity index (χ3v) is 4.90. The van der Waals surface area contributed by atoms with Gasteiger partial charge in [-0.05, 0) is 29.5 Å². The maximum Gasteiger partial charge on any atom is 0.337 e. The summed E-state index contributed by atoms with van der Waals surface area (Å²) < 4.78 is 18.5. The number of Topliss-reactive ketones (excluding diaryl/α,β-unsaturated/α-hetero) is 1. The van der Waals surface area contributed by atoms with E-state index in [1.165, 1.54) is 12.1 Å². The van der Waals surface area contributed by atoms with Gasteiger partial charge in [0.15, 0.2) is 5.78 Å². The van der Waals surface area contributed by atoms with Gasteiger partial charge in [0, 0.05) is 23.6 Å². The summed E-state index contributed by atoms with van der Waals surface area (Å²) in [7, 11) is 0. The van der Waals surface area contributed by atoms with E-state index in [9.17, 15) is 14.0 Å². The number of hydrogen-bond acceptors (Lipinski definition) is 4. The molecule has 0 saturated carbocycles. The summed E-state index contributed by atoms with van der Waals surface area (Å²) >= 11 is 0. The topological polar surface area (TPSA) is 55.4 Å². The maximum atomic E-state index is 13.3. The van der Waals surface area contributed by atoms with Gasteiger partial charge >= 0.3 is 5.97 Å². The first kappa shape index (κ1) is 15.1. The highest BCUT2D eigenvalue weighted by molar-refractivity contribution is 6.04. The number of allylic oxidation sites excluding steroid dienone is 2. The van der Waals surface area contributed by atoms with Gasteiger partial charge in [-0.25, -0.2) is 9.18 Å². The number of hydrogen-bond donors (Lipinski definition) is 1. The van der Waals surface area contributed by atoms with Crippen LogP contribution in [0.1, 0.15) is 38.2 Å². The Labute approximate surface area is 139 Å². The second kappa shape index (κ2) is 5.03. The van der Waals surface area contributed by atoms with Gasteiger partial charge in [0.25, 0.3) is 0 Å². The van der Waals surface area contributed by atoms with E-state index in [0.717, 1.165) is 23.4 Å². The summed E-state index contributed by atoms with van der Waals surface area (Å²) in [5, 5.41) is 3.26. The van der Waals surface area contributed by atoms with Crippen LogP contribution < -0.4 is 5.32 Å². The molecule has 3 aliphatic rings. The van der Waals surface area contributed by atoms with Crippen LogP contribution in [0.2, 0.25) is 0 Å². The van der Waals surface area contributed by atoms with Crippen molar-refractivity contribution in [1.29, 1.82) is 0 Å². The highest BCUT2D eigenvalue weighted by atomic mass is 19.1. The van der Waals surface area contributed by atoms with E-state index < -0.39 is 11.9 Å². The molecule has 1 unspecified atom stereocenters. The molecule has 0 saturated heterocycles. The van der Waals surface area contributed by atoms with Crippen LogP contribution in [-0.4, -0.2) is 18.4 Å². The van der Waals surface area contributed by atoms with Crippen LogP contribution in [0.5, 0.6) is 0 Å². The fourth-order valence-electron chi connectivity index (χ4n) is 3.91. The molecule has 124 valence electrons. The van der Waals surface area contributed by atoms with Gasteiger partial charge in [0.1, 0.15) is 12.4 Å². The molecule has 4 nitrogen and oxygen atoms in total. The first-order chi connectivity index (χ1) is 11.4. The lowest BCUT2D eigenvalue weighted by Crippen LogP contribution is -2.37. The Morgan fingerprint density at radius 1 is 1.08 bits per heavy atom. The Hall–Kier alpha value is -2.43. The Bertz CT molecular complexity index is 818. The molecule has 0 bridgehead atoms. The van der Waals surface area contributed by atoms with Crippen molar-refractivity contribution >= 4 is 11.8 Å². The molecule has 1 aliphatic carbocycles. The molecule has 0 aromatic heterocycles. The van der Waals surface area contributed by atoms with Gasteiger partial charge in [0.05, 0.1) is 11.3 Å². The van der Waals surface area contributed by atoms with Crippen molar-refractivity contribution < 1.29 is 18.7 Å². The minimum absolute atomic E-state index is 0.0364. The fourth-order valence-corrected chi connectivity index (χ4v) is 3.91. The number of ketones is 1. The van der Waals surface area contributed by atoms with Gasteiger partial charge in [-0.1, -0.05) is 26.0 Å². The summed E-state index contributed by atoms with van der Waals surface area (Å²) in [5.41, 5.74) is 3.30. The average molecular weight is 327 g/mol. The molecule has 1 atom stereocenters. The molecule has 24 heavy (non-hydrogen) atoms. The van der Waals surface area contributed by atoms with Crippen LogP contribution in [-0.2, 0) is 14.3 Å². The molecule has 1 N–H and O–H groups in total. The predicted octanol–water partition coefficient (Wildman–Crippen LogP) is 2.97. The standard InChI is InChI=1S/C19H18FNO3/c1-19(2)7-12-16(14(22)8-19)15(10-3-5-11(20)6-4-10)17-13(21-12)9-24-18(17)23/h3-6,15,21H,7-9H2,1-2H3. The molecule has 2 heterocycles. The Kier molecular flexibility index (Phi) is 3.17. The summed E-state index contributed by atoms with van der Waals surface area (Å²) in [6.07, 6.45) is 1.17. The molecular formula is C19H18FNO3. The van der Waals surface area contributed by atoms with E-state index in [-0.39, 0.29) is 23.6 Å². The van der Waals surface area contributed by atoms with Crippen molar-refractivity contribution in [3.63, 3.8) is 0 Å². The summed E-state index contributed by atoms with van der Waals surface area (Å²) in [4.78, 5) is 25.1. The number of cyclic esters (lactones) is 1. The molecule has 1 aromatic rings. The van der Waals surface area contributed by atoms with E-state index in [1.54, 1.807) is 12.1 Å². The summed E-state index contributed by atoms with van der Waals surface area (Å²) in [6, 6.07) is 5.99. The van der Waals surface area contributed by atoms with Crippen LogP contribution in [0, 0.1) is 11.2 Å². The molecule has 1 aromatic carbocycles. The van der Waals surface area contributed by atoms with E-state index in [1.807, 2.05) is 0 Å². The summed E-state index contributed by atoms with van der Waals surface area (Å²) in [6.45, 7) is 4.31. The first-order valence-electron chi connectivity index (χ1n) is 8.05. The van der Waals surface area contributed by atoms with Gasteiger partial charge in [-0.3, -0.25) is 4.79 Å². The SMILES string of the molecule is CC1(C)CC(=O)C2=C(C1)NC1=C(C(=O)OC1)C2c1ccc(F)cc1. The first-order valence-corrected chi connectivity index (χ1v) is 8.05. The van der Waals surface area contributed by atoms with Crippen molar-refractivity contribution in [3.8, 4) is 0 Å². The Morgan fingerprint density at radius 3 is 2.50 bits per heavy atom. The van der Waals surface area contributed by atoms with E-state index >= 15 is 0 Å². The molecule has 0 fully saturated rings. The highest BCUT2D eigenvalue weighted by Gasteiger charge is 2.45. The second-order valence-electron chi connectivity index (χ2n) is 7.41. The van der Waals surface area contributed by atoms with Crippen LogP contribution >= 0.6 is 0 Å². The highest BCUT2D eigenvalue weighted by Crippen LogP contribution is 2.47.